The molecule has 3 rings (SSSR count). The summed E-state index contributed by atoms with van der Waals surface area (Å²) in [6.45, 7) is 6.51. The van der Waals surface area contributed by atoms with Crippen molar-refractivity contribution in [2.45, 2.75) is 58.0 Å². The van der Waals surface area contributed by atoms with Gasteiger partial charge in [0.25, 0.3) is 0 Å². The molecule has 0 aromatic carbocycles. The van der Waals surface area contributed by atoms with E-state index in [0.29, 0.717) is 0 Å². The van der Waals surface area contributed by atoms with Gasteiger partial charge in [-0.1, -0.05) is 26.8 Å². The van der Waals surface area contributed by atoms with E-state index in [4.69, 9.17) is 4.98 Å². The fraction of sp³-hybridized carbons (Fsp3) is 0.667. The molecular formula is C15H21NO. The summed E-state index contributed by atoms with van der Waals surface area (Å²) in [6, 6.07) is 4.29. The molecule has 0 bridgehead atoms. The molecule has 2 nitrogen and oxygen atoms in total. The van der Waals surface area contributed by atoms with Crippen molar-refractivity contribution in [3.8, 4) is 0 Å². The van der Waals surface area contributed by atoms with Crippen LogP contribution in [0.2, 0.25) is 0 Å². The highest BCUT2D eigenvalue weighted by Gasteiger charge is 2.52. The largest absolute Gasteiger partial charge is 0.386 e. The molecule has 17 heavy (non-hydrogen) atoms. The highest BCUT2D eigenvalue weighted by atomic mass is 16.3. The van der Waals surface area contributed by atoms with Crippen molar-refractivity contribution in [2.75, 3.05) is 0 Å². The molecule has 1 heterocycles. The Kier molecular flexibility index (Phi) is 2.19. The minimum atomic E-state index is -0.325. The lowest BCUT2D eigenvalue weighted by molar-refractivity contribution is 0.0731. The molecule has 2 heteroatoms. The van der Waals surface area contributed by atoms with Crippen LogP contribution < -0.4 is 0 Å². The summed E-state index contributed by atoms with van der Waals surface area (Å²) in [5.41, 5.74) is 3.55. The van der Waals surface area contributed by atoms with Crippen molar-refractivity contribution in [3.63, 3.8) is 0 Å². The van der Waals surface area contributed by atoms with Gasteiger partial charge in [0, 0.05) is 16.5 Å². The van der Waals surface area contributed by atoms with Gasteiger partial charge in [0.1, 0.15) is 6.10 Å². The summed E-state index contributed by atoms with van der Waals surface area (Å²) in [7, 11) is 0. The van der Waals surface area contributed by atoms with Gasteiger partial charge in [-0.05, 0) is 37.3 Å². The van der Waals surface area contributed by atoms with Crippen LogP contribution >= 0.6 is 0 Å². The molecule has 1 fully saturated rings. The van der Waals surface area contributed by atoms with Gasteiger partial charge < -0.3 is 5.11 Å². The number of fused-ring (bicyclic) bond motifs is 1. The summed E-state index contributed by atoms with van der Waals surface area (Å²) in [4.78, 5) is 4.75. The van der Waals surface area contributed by atoms with Crippen LogP contribution in [0.25, 0.3) is 0 Å². The van der Waals surface area contributed by atoms with Crippen molar-refractivity contribution < 1.29 is 5.11 Å². The van der Waals surface area contributed by atoms with Crippen LogP contribution in [0.4, 0.5) is 0 Å². The molecule has 0 unspecified atom stereocenters. The Morgan fingerprint density at radius 2 is 1.94 bits per heavy atom. The normalized spacial score (nSPS) is 25.8. The third-order valence-electron chi connectivity index (χ3n) is 4.40. The number of hydrogen-bond donors (Lipinski definition) is 1. The zero-order chi connectivity index (χ0) is 12.3. The molecule has 0 aliphatic heterocycles. The van der Waals surface area contributed by atoms with E-state index in [1.807, 2.05) is 0 Å². The molecule has 0 radical (unpaired) electrons. The molecule has 1 aromatic heterocycles. The molecule has 1 aromatic rings. The SMILES string of the molecule is CC(C)(C)c1ccc2c(n1)[C@@H](O)C1(CC2)CC1. The maximum Gasteiger partial charge on any atom is 0.102 e. The average Bonchev–Trinajstić information content (AvgIpc) is 3.04. The van der Waals surface area contributed by atoms with Gasteiger partial charge in [0.15, 0.2) is 0 Å². The van der Waals surface area contributed by atoms with E-state index in [2.05, 4.69) is 32.9 Å². The molecule has 1 saturated carbocycles. The summed E-state index contributed by atoms with van der Waals surface area (Å²) in [6.07, 6.45) is 4.25. The number of pyridine rings is 1. The molecule has 0 amide bonds. The maximum atomic E-state index is 10.5. The highest BCUT2D eigenvalue weighted by molar-refractivity contribution is 5.33. The van der Waals surface area contributed by atoms with Gasteiger partial charge in [-0.2, -0.15) is 0 Å². The Hall–Kier alpha value is -0.890. The maximum absolute atomic E-state index is 10.5. The molecular weight excluding hydrogens is 210 g/mol. The number of aromatic nitrogens is 1. The van der Waals surface area contributed by atoms with Gasteiger partial charge >= 0.3 is 0 Å². The van der Waals surface area contributed by atoms with Crippen LogP contribution in [-0.2, 0) is 11.8 Å². The average molecular weight is 231 g/mol. The predicted molar refractivity (Wildman–Crippen MR) is 67.9 cm³/mol. The van der Waals surface area contributed by atoms with E-state index in [9.17, 15) is 5.11 Å². The van der Waals surface area contributed by atoms with E-state index in [1.165, 1.54) is 18.4 Å². The fourth-order valence-electron chi connectivity index (χ4n) is 2.86. The second kappa shape index (κ2) is 3.32. The van der Waals surface area contributed by atoms with E-state index in [0.717, 1.165) is 24.2 Å². The van der Waals surface area contributed by atoms with Crippen molar-refractivity contribution in [3.05, 3.63) is 29.1 Å². The minimum absolute atomic E-state index is 0.0584. The lowest BCUT2D eigenvalue weighted by atomic mass is 9.80. The summed E-state index contributed by atoms with van der Waals surface area (Å²) in [5, 5.41) is 10.5. The van der Waals surface area contributed by atoms with Crippen LogP contribution in [0, 0.1) is 5.41 Å². The van der Waals surface area contributed by atoms with Gasteiger partial charge in [0.2, 0.25) is 0 Å². The topological polar surface area (TPSA) is 33.1 Å². The standard InChI is InChI=1S/C15H21NO/c1-14(2,3)11-5-4-10-6-7-15(8-9-15)13(17)12(10)16-11/h4-5,13,17H,6-9H2,1-3H3/t13-/m1/s1. The summed E-state index contributed by atoms with van der Waals surface area (Å²) < 4.78 is 0. The van der Waals surface area contributed by atoms with E-state index in [-0.39, 0.29) is 16.9 Å². The first kappa shape index (κ1) is 11.2. The number of nitrogens with zero attached hydrogens (tertiary/aromatic N) is 1. The van der Waals surface area contributed by atoms with Gasteiger partial charge in [-0.15, -0.1) is 0 Å². The van der Waals surface area contributed by atoms with Crippen LogP contribution in [0.5, 0.6) is 0 Å². The number of hydrogen-bond acceptors (Lipinski definition) is 2. The van der Waals surface area contributed by atoms with E-state index >= 15 is 0 Å². The van der Waals surface area contributed by atoms with Crippen LogP contribution in [0.3, 0.4) is 0 Å². The van der Waals surface area contributed by atoms with Gasteiger partial charge in [-0.3, -0.25) is 4.98 Å². The first-order chi connectivity index (χ1) is 7.92. The van der Waals surface area contributed by atoms with Crippen LogP contribution in [0.1, 0.15) is 63.1 Å². The van der Waals surface area contributed by atoms with E-state index < -0.39 is 0 Å². The van der Waals surface area contributed by atoms with Crippen molar-refractivity contribution >= 4 is 0 Å². The lowest BCUT2D eigenvalue weighted by Crippen LogP contribution is -2.25. The number of rotatable bonds is 0. The van der Waals surface area contributed by atoms with Crippen molar-refractivity contribution in [2.24, 2.45) is 5.41 Å². The molecule has 2 aliphatic rings. The lowest BCUT2D eigenvalue weighted by Gasteiger charge is -2.30. The number of aliphatic hydroxyl groups is 1. The molecule has 1 atom stereocenters. The molecule has 2 aliphatic carbocycles. The van der Waals surface area contributed by atoms with Crippen LogP contribution in [0.15, 0.2) is 12.1 Å². The Morgan fingerprint density at radius 1 is 1.24 bits per heavy atom. The highest BCUT2D eigenvalue weighted by Crippen LogP contribution is 2.60. The smallest absolute Gasteiger partial charge is 0.102 e. The second-order valence-corrected chi connectivity index (χ2v) is 6.76. The molecule has 92 valence electrons. The molecule has 1 spiro atoms. The zero-order valence-corrected chi connectivity index (χ0v) is 11.0. The number of aliphatic hydroxyl groups excluding tert-OH is 1. The minimum Gasteiger partial charge on any atom is -0.386 e. The Morgan fingerprint density at radius 3 is 2.53 bits per heavy atom. The second-order valence-electron chi connectivity index (χ2n) is 6.76. The number of aryl methyl sites for hydroxylation is 1. The molecule has 0 saturated heterocycles. The van der Waals surface area contributed by atoms with Gasteiger partial charge in [-0.25, -0.2) is 0 Å². The van der Waals surface area contributed by atoms with E-state index in [1.54, 1.807) is 0 Å². The van der Waals surface area contributed by atoms with Crippen molar-refractivity contribution in [1.29, 1.82) is 0 Å². The Balaban J connectivity index is 2.04. The third-order valence-corrected chi connectivity index (χ3v) is 4.40. The fourth-order valence-corrected chi connectivity index (χ4v) is 2.86. The first-order valence-electron chi connectivity index (χ1n) is 6.61. The van der Waals surface area contributed by atoms with Crippen molar-refractivity contribution in [1.82, 2.24) is 4.98 Å². The molecule has 1 N–H and O–H groups in total. The van der Waals surface area contributed by atoms with Gasteiger partial charge in [0.05, 0.1) is 5.69 Å². The van der Waals surface area contributed by atoms with Crippen LogP contribution in [-0.4, -0.2) is 10.1 Å². The first-order valence-corrected chi connectivity index (χ1v) is 6.61. The summed E-state index contributed by atoms with van der Waals surface area (Å²) in [5.74, 6) is 0. The third kappa shape index (κ3) is 1.70. The quantitative estimate of drug-likeness (QED) is 0.744. The predicted octanol–water partition coefficient (Wildman–Crippen LogP) is 3.14. The Labute approximate surface area is 103 Å². The Bertz CT molecular complexity index is 454. The zero-order valence-electron chi connectivity index (χ0n) is 11.0. The summed E-state index contributed by atoms with van der Waals surface area (Å²) >= 11 is 0. The monoisotopic (exact) mass is 231 g/mol.